The van der Waals surface area contributed by atoms with Gasteiger partial charge in [-0.3, -0.25) is 4.90 Å². The molecule has 1 N–H and O–H groups in total. The number of aliphatic hydroxyl groups excluding tert-OH is 1. The van der Waals surface area contributed by atoms with Gasteiger partial charge in [-0.25, -0.2) is 8.42 Å². The molecule has 1 fully saturated rings. The average molecular weight is 263 g/mol. The van der Waals surface area contributed by atoms with Crippen molar-refractivity contribution in [1.82, 2.24) is 4.90 Å². The Morgan fingerprint density at radius 3 is 2.29 bits per heavy atom. The van der Waals surface area contributed by atoms with Gasteiger partial charge in [-0.05, 0) is 33.7 Å². The largest absolute Gasteiger partial charge is 0.391 e. The topological polar surface area (TPSA) is 57.6 Å². The molecule has 0 saturated heterocycles. The molecular weight excluding hydrogens is 238 g/mol. The summed E-state index contributed by atoms with van der Waals surface area (Å²) in [7, 11) is -1.17. The molecule has 0 spiro atoms. The van der Waals surface area contributed by atoms with Crippen LogP contribution in [0.25, 0.3) is 0 Å². The Morgan fingerprint density at radius 2 is 1.82 bits per heavy atom. The Labute approximate surface area is 105 Å². The second-order valence-corrected chi connectivity index (χ2v) is 8.52. The van der Waals surface area contributed by atoms with Crippen LogP contribution in [0.1, 0.15) is 39.5 Å². The van der Waals surface area contributed by atoms with E-state index >= 15 is 0 Å². The molecule has 0 aromatic heterocycles. The molecule has 0 aliphatic heterocycles. The zero-order chi connectivity index (χ0) is 13.3. The van der Waals surface area contributed by atoms with Crippen molar-refractivity contribution in [1.29, 1.82) is 0 Å². The molecule has 1 saturated carbocycles. The molecule has 1 rings (SSSR count). The average Bonchev–Trinajstić information content (AvgIpc) is 2.15. The lowest BCUT2D eigenvalue weighted by atomic mass is 9.91. The maximum absolute atomic E-state index is 11.7. The van der Waals surface area contributed by atoms with Crippen LogP contribution >= 0.6 is 0 Å². The van der Waals surface area contributed by atoms with Crippen LogP contribution in [0.5, 0.6) is 0 Å². The van der Waals surface area contributed by atoms with Gasteiger partial charge < -0.3 is 5.11 Å². The van der Waals surface area contributed by atoms with Crippen LogP contribution in [0.4, 0.5) is 0 Å². The lowest BCUT2D eigenvalue weighted by Gasteiger charge is -2.38. The first-order valence-corrected chi connectivity index (χ1v) is 8.12. The van der Waals surface area contributed by atoms with Crippen LogP contribution in [0.15, 0.2) is 0 Å². The van der Waals surface area contributed by atoms with Crippen LogP contribution in [-0.4, -0.2) is 55.2 Å². The Morgan fingerprint density at radius 1 is 1.29 bits per heavy atom. The van der Waals surface area contributed by atoms with E-state index in [1.165, 1.54) is 6.26 Å². The molecule has 102 valence electrons. The van der Waals surface area contributed by atoms with Crippen molar-refractivity contribution in [3.05, 3.63) is 0 Å². The molecular formula is C12H25NO3S. The zero-order valence-corrected chi connectivity index (χ0v) is 12.1. The molecule has 17 heavy (non-hydrogen) atoms. The molecule has 1 aliphatic carbocycles. The van der Waals surface area contributed by atoms with E-state index in [1.807, 2.05) is 11.9 Å². The Hall–Kier alpha value is -0.130. The maximum atomic E-state index is 11.7. The molecule has 0 aromatic carbocycles. The van der Waals surface area contributed by atoms with Crippen LogP contribution < -0.4 is 0 Å². The maximum Gasteiger partial charge on any atom is 0.153 e. The number of nitrogens with zero attached hydrogens (tertiary/aromatic N) is 1. The minimum absolute atomic E-state index is 0.102. The van der Waals surface area contributed by atoms with E-state index in [-0.39, 0.29) is 12.1 Å². The van der Waals surface area contributed by atoms with E-state index in [1.54, 1.807) is 13.8 Å². The first kappa shape index (κ1) is 14.9. The molecule has 0 aromatic rings. The predicted molar refractivity (Wildman–Crippen MR) is 69.8 cm³/mol. The Kier molecular flexibility index (Phi) is 4.60. The number of rotatable bonds is 4. The van der Waals surface area contributed by atoms with E-state index in [9.17, 15) is 13.5 Å². The van der Waals surface area contributed by atoms with Gasteiger partial charge in [0.2, 0.25) is 0 Å². The van der Waals surface area contributed by atoms with Crippen molar-refractivity contribution < 1.29 is 13.5 Å². The highest BCUT2D eigenvalue weighted by atomic mass is 32.2. The highest BCUT2D eigenvalue weighted by Gasteiger charge is 2.35. The van der Waals surface area contributed by atoms with E-state index in [2.05, 4.69) is 0 Å². The van der Waals surface area contributed by atoms with Gasteiger partial charge in [0.15, 0.2) is 9.84 Å². The van der Waals surface area contributed by atoms with E-state index in [4.69, 9.17) is 0 Å². The van der Waals surface area contributed by atoms with Gasteiger partial charge in [-0.1, -0.05) is 12.8 Å². The van der Waals surface area contributed by atoms with Crippen LogP contribution in [0.3, 0.4) is 0 Å². The minimum Gasteiger partial charge on any atom is -0.391 e. The fourth-order valence-corrected chi connectivity index (χ4v) is 2.88. The predicted octanol–water partition coefficient (Wildman–Crippen LogP) is 1.04. The van der Waals surface area contributed by atoms with Gasteiger partial charge in [0, 0.05) is 18.8 Å². The van der Waals surface area contributed by atoms with Gasteiger partial charge in [0.25, 0.3) is 0 Å². The molecule has 2 unspecified atom stereocenters. The standard InChI is InChI=1S/C12H25NO3S/c1-12(2,17(4,15)16)9-13(3)10-7-5-6-8-11(10)14/h10-11,14H,5-9H2,1-4H3. The van der Waals surface area contributed by atoms with Crippen molar-refractivity contribution in [2.75, 3.05) is 19.8 Å². The molecule has 4 nitrogen and oxygen atoms in total. The third kappa shape index (κ3) is 3.66. The van der Waals surface area contributed by atoms with Crippen molar-refractivity contribution in [2.24, 2.45) is 0 Å². The fraction of sp³-hybridized carbons (Fsp3) is 1.00. The van der Waals surface area contributed by atoms with E-state index in [0.29, 0.717) is 6.54 Å². The summed E-state index contributed by atoms with van der Waals surface area (Å²) in [4.78, 5) is 2.00. The smallest absolute Gasteiger partial charge is 0.153 e. The minimum atomic E-state index is -3.08. The van der Waals surface area contributed by atoms with Crippen LogP contribution in [0, 0.1) is 0 Å². The summed E-state index contributed by atoms with van der Waals surface area (Å²) in [5.74, 6) is 0. The summed E-state index contributed by atoms with van der Waals surface area (Å²) in [5, 5.41) is 9.95. The zero-order valence-electron chi connectivity index (χ0n) is 11.3. The SMILES string of the molecule is CN(CC(C)(C)S(C)(=O)=O)C1CCCCC1O. The molecule has 0 radical (unpaired) electrons. The van der Waals surface area contributed by atoms with Crippen molar-refractivity contribution in [2.45, 2.75) is 56.4 Å². The third-order valence-corrected chi connectivity index (χ3v) is 6.03. The van der Waals surface area contributed by atoms with Crippen LogP contribution in [-0.2, 0) is 9.84 Å². The molecule has 1 aliphatic rings. The summed E-state index contributed by atoms with van der Waals surface area (Å²) < 4.78 is 22.6. The third-order valence-electron chi connectivity index (χ3n) is 3.89. The first-order chi connectivity index (χ1) is 7.65. The lowest BCUT2D eigenvalue weighted by molar-refractivity contribution is 0.0292. The highest BCUT2D eigenvalue weighted by molar-refractivity contribution is 7.92. The Balaban J connectivity index is 2.68. The van der Waals surface area contributed by atoms with Gasteiger partial charge in [0.1, 0.15) is 0 Å². The lowest BCUT2D eigenvalue weighted by Crippen LogP contribution is -2.50. The normalized spacial score (nSPS) is 27.4. The summed E-state index contributed by atoms with van der Waals surface area (Å²) in [6, 6.07) is 0.102. The van der Waals surface area contributed by atoms with Gasteiger partial charge in [-0.2, -0.15) is 0 Å². The number of sulfone groups is 1. The van der Waals surface area contributed by atoms with Gasteiger partial charge >= 0.3 is 0 Å². The van der Waals surface area contributed by atoms with E-state index in [0.717, 1.165) is 25.7 Å². The summed E-state index contributed by atoms with van der Waals surface area (Å²) >= 11 is 0. The van der Waals surface area contributed by atoms with Gasteiger partial charge in [0.05, 0.1) is 10.9 Å². The Bertz CT molecular complexity index is 351. The number of hydrogen-bond acceptors (Lipinski definition) is 4. The van der Waals surface area contributed by atoms with E-state index < -0.39 is 14.6 Å². The highest BCUT2D eigenvalue weighted by Crippen LogP contribution is 2.25. The monoisotopic (exact) mass is 263 g/mol. The summed E-state index contributed by atoms with van der Waals surface area (Å²) in [6.07, 6.45) is 4.93. The summed E-state index contributed by atoms with van der Waals surface area (Å²) in [5.41, 5.74) is 0. The summed E-state index contributed by atoms with van der Waals surface area (Å²) in [6.45, 7) is 3.95. The number of aliphatic hydroxyl groups is 1. The second kappa shape index (κ2) is 5.24. The quantitative estimate of drug-likeness (QED) is 0.823. The molecule has 0 heterocycles. The molecule has 0 bridgehead atoms. The number of likely N-dealkylation sites (N-methyl/N-ethyl adjacent to an activating group) is 1. The fourth-order valence-electron chi connectivity index (χ4n) is 2.44. The van der Waals surface area contributed by atoms with Crippen molar-refractivity contribution >= 4 is 9.84 Å². The van der Waals surface area contributed by atoms with Crippen LogP contribution in [0.2, 0.25) is 0 Å². The van der Waals surface area contributed by atoms with Crippen molar-refractivity contribution in [3.8, 4) is 0 Å². The second-order valence-electron chi connectivity index (χ2n) is 5.87. The molecule has 0 amide bonds. The first-order valence-electron chi connectivity index (χ1n) is 6.23. The van der Waals surface area contributed by atoms with Crippen molar-refractivity contribution in [3.63, 3.8) is 0 Å². The van der Waals surface area contributed by atoms with Gasteiger partial charge in [-0.15, -0.1) is 0 Å². The molecule has 5 heteroatoms. The number of hydrogen-bond donors (Lipinski definition) is 1. The molecule has 2 atom stereocenters.